The summed E-state index contributed by atoms with van der Waals surface area (Å²) in [6.45, 7) is 1.85. The summed E-state index contributed by atoms with van der Waals surface area (Å²) in [4.78, 5) is 0. The van der Waals surface area contributed by atoms with Gasteiger partial charge >= 0.3 is 0 Å². The summed E-state index contributed by atoms with van der Waals surface area (Å²) in [7, 11) is 1.74. The SMILES string of the molecule is CN/N=C/c1ccc(O)c(C)c1. The molecule has 0 aliphatic heterocycles. The second kappa shape index (κ2) is 3.76. The highest BCUT2D eigenvalue weighted by Crippen LogP contribution is 2.15. The number of aromatic hydroxyl groups is 1. The van der Waals surface area contributed by atoms with Crippen LogP contribution < -0.4 is 5.43 Å². The summed E-state index contributed by atoms with van der Waals surface area (Å²) in [5.41, 5.74) is 4.49. The predicted octanol–water partition coefficient (Wildman–Crippen LogP) is 1.25. The van der Waals surface area contributed by atoms with E-state index in [1.807, 2.05) is 19.1 Å². The van der Waals surface area contributed by atoms with Crippen LogP contribution in [0.25, 0.3) is 0 Å². The molecule has 0 radical (unpaired) electrons. The molecule has 2 N–H and O–H groups in total. The molecule has 3 nitrogen and oxygen atoms in total. The molecule has 0 amide bonds. The van der Waals surface area contributed by atoms with E-state index in [9.17, 15) is 5.11 Å². The number of phenols is 1. The Labute approximate surface area is 71.7 Å². The first-order valence-electron chi connectivity index (χ1n) is 3.73. The standard InChI is InChI=1S/C9H12N2O/c1-7-5-8(6-11-10-2)3-4-9(7)12/h3-6,10,12H,1-2H3/b11-6+. The van der Waals surface area contributed by atoms with Gasteiger partial charge in [0.1, 0.15) is 5.75 Å². The van der Waals surface area contributed by atoms with Crippen molar-refractivity contribution in [3.63, 3.8) is 0 Å². The van der Waals surface area contributed by atoms with Crippen molar-refractivity contribution in [2.24, 2.45) is 5.10 Å². The van der Waals surface area contributed by atoms with Crippen LogP contribution in [0, 0.1) is 6.92 Å². The van der Waals surface area contributed by atoms with Crippen LogP contribution in [-0.4, -0.2) is 18.4 Å². The molecule has 0 aromatic heterocycles. The number of nitrogens with one attached hydrogen (secondary N) is 1. The first-order valence-corrected chi connectivity index (χ1v) is 3.73. The Morgan fingerprint density at radius 1 is 1.50 bits per heavy atom. The maximum atomic E-state index is 9.21. The van der Waals surface area contributed by atoms with Crippen LogP contribution in [0.15, 0.2) is 23.3 Å². The van der Waals surface area contributed by atoms with Gasteiger partial charge < -0.3 is 10.5 Å². The number of phenolic OH excluding ortho intramolecular Hbond substituents is 1. The van der Waals surface area contributed by atoms with Gasteiger partial charge in [-0.1, -0.05) is 0 Å². The van der Waals surface area contributed by atoms with Crippen LogP contribution >= 0.6 is 0 Å². The summed E-state index contributed by atoms with van der Waals surface area (Å²) >= 11 is 0. The van der Waals surface area contributed by atoms with E-state index in [4.69, 9.17) is 0 Å². The third kappa shape index (κ3) is 1.99. The maximum absolute atomic E-state index is 9.21. The molecule has 0 spiro atoms. The number of benzene rings is 1. The van der Waals surface area contributed by atoms with Crippen LogP contribution in [0.2, 0.25) is 0 Å². The molecule has 64 valence electrons. The quantitative estimate of drug-likeness (QED) is 0.510. The lowest BCUT2D eigenvalue weighted by Gasteiger charge is -1.98. The van der Waals surface area contributed by atoms with Gasteiger partial charge in [-0.05, 0) is 36.2 Å². The van der Waals surface area contributed by atoms with Crippen molar-refractivity contribution in [2.75, 3.05) is 7.05 Å². The molecule has 0 saturated heterocycles. The van der Waals surface area contributed by atoms with Crippen molar-refractivity contribution in [1.29, 1.82) is 0 Å². The van der Waals surface area contributed by atoms with E-state index in [0.29, 0.717) is 5.75 Å². The van der Waals surface area contributed by atoms with E-state index >= 15 is 0 Å². The fraction of sp³-hybridized carbons (Fsp3) is 0.222. The molecule has 12 heavy (non-hydrogen) atoms. The van der Waals surface area contributed by atoms with Gasteiger partial charge in [0.25, 0.3) is 0 Å². The van der Waals surface area contributed by atoms with Gasteiger partial charge in [0, 0.05) is 7.05 Å². The average molecular weight is 164 g/mol. The molecule has 0 unspecified atom stereocenters. The zero-order valence-corrected chi connectivity index (χ0v) is 7.20. The van der Waals surface area contributed by atoms with E-state index in [1.54, 1.807) is 19.3 Å². The minimum absolute atomic E-state index is 0.316. The number of hydrogen-bond donors (Lipinski definition) is 2. The molecule has 1 aromatic carbocycles. The smallest absolute Gasteiger partial charge is 0.118 e. The number of rotatable bonds is 2. The second-order valence-electron chi connectivity index (χ2n) is 2.53. The third-order valence-corrected chi connectivity index (χ3v) is 1.56. The molecule has 0 fully saturated rings. The Morgan fingerprint density at radius 3 is 2.83 bits per heavy atom. The van der Waals surface area contributed by atoms with Gasteiger partial charge in [0.15, 0.2) is 0 Å². The number of hydrogen-bond acceptors (Lipinski definition) is 3. The lowest BCUT2D eigenvalue weighted by molar-refractivity contribution is 0.471. The number of nitrogens with zero attached hydrogens (tertiary/aromatic N) is 1. The van der Waals surface area contributed by atoms with Gasteiger partial charge in [0.2, 0.25) is 0 Å². The molecule has 1 rings (SSSR count). The van der Waals surface area contributed by atoms with Crippen molar-refractivity contribution in [3.8, 4) is 5.75 Å². The van der Waals surface area contributed by atoms with Gasteiger partial charge in [-0.2, -0.15) is 5.10 Å². The zero-order chi connectivity index (χ0) is 8.97. The van der Waals surface area contributed by atoms with Gasteiger partial charge in [0.05, 0.1) is 6.21 Å². The maximum Gasteiger partial charge on any atom is 0.118 e. The van der Waals surface area contributed by atoms with Gasteiger partial charge in [-0.25, -0.2) is 0 Å². The van der Waals surface area contributed by atoms with Crippen LogP contribution in [0.3, 0.4) is 0 Å². The van der Waals surface area contributed by atoms with Crippen LogP contribution in [0.5, 0.6) is 5.75 Å². The molecular weight excluding hydrogens is 152 g/mol. The predicted molar refractivity (Wildman–Crippen MR) is 49.5 cm³/mol. The van der Waals surface area contributed by atoms with Crippen molar-refractivity contribution in [2.45, 2.75) is 6.92 Å². The molecule has 0 heterocycles. The number of aryl methyl sites for hydroxylation is 1. The monoisotopic (exact) mass is 164 g/mol. The Kier molecular flexibility index (Phi) is 2.69. The molecule has 3 heteroatoms. The lowest BCUT2D eigenvalue weighted by Crippen LogP contribution is -1.94. The fourth-order valence-electron chi connectivity index (χ4n) is 0.898. The van der Waals surface area contributed by atoms with E-state index in [1.165, 1.54) is 0 Å². The van der Waals surface area contributed by atoms with Crippen LogP contribution in [-0.2, 0) is 0 Å². The van der Waals surface area contributed by atoms with Crippen LogP contribution in [0.1, 0.15) is 11.1 Å². The lowest BCUT2D eigenvalue weighted by atomic mass is 10.1. The number of hydrazone groups is 1. The van der Waals surface area contributed by atoms with Crippen LogP contribution in [0.4, 0.5) is 0 Å². The first-order chi connectivity index (χ1) is 5.74. The summed E-state index contributed by atoms with van der Waals surface area (Å²) in [6.07, 6.45) is 1.70. The summed E-state index contributed by atoms with van der Waals surface area (Å²) in [6, 6.07) is 5.34. The molecule has 0 atom stereocenters. The first kappa shape index (κ1) is 8.59. The Morgan fingerprint density at radius 2 is 2.25 bits per heavy atom. The fourth-order valence-corrected chi connectivity index (χ4v) is 0.898. The van der Waals surface area contributed by atoms with E-state index in [0.717, 1.165) is 11.1 Å². The Balaban J connectivity index is 2.89. The highest BCUT2D eigenvalue weighted by atomic mass is 16.3. The minimum atomic E-state index is 0.316. The van der Waals surface area contributed by atoms with Crippen molar-refractivity contribution >= 4 is 6.21 Å². The molecule has 0 aliphatic rings. The summed E-state index contributed by atoms with van der Waals surface area (Å²) < 4.78 is 0. The second-order valence-corrected chi connectivity index (χ2v) is 2.53. The normalized spacial score (nSPS) is 10.5. The molecular formula is C9H12N2O. The molecule has 0 saturated carbocycles. The van der Waals surface area contributed by atoms with Crippen molar-refractivity contribution in [3.05, 3.63) is 29.3 Å². The van der Waals surface area contributed by atoms with E-state index in [2.05, 4.69) is 10.5 Å². The highest BCUT2D eigenvalue weighted by molar-refractivity contribution is 5.80. The zero-order valence-electron chi connectivity index (χ0n) is 7.20. The molecule has 0 aliphatic carbocycles. The summed E-state index contributed by atoms with van der Waals surface area (Å²) in [5, 5.41) is 13.1. The molecule has 1 aromatic rings. The third-order valence-electron chi connectivity index (χ3n) is 1.56. The average Bonchev–Trinajstić information content (AvgIpc) is 2.07. The minimum Gasteiger partial charge on any atom is -0.508 e. The highest BCUT2D eigenvalue weighted by Gasteiger charge is 1.94. The van der Waals surface area contributed by atoms with Crippen molar-refractivity contribution in [1.82, 2.24) is 5.43 Å². The van der Waals surface area contributed by atoms with Gasteiger partial charge in [-0.3, -0.25) is 0 Å². The largest absolute Gasteiger partial charge is 0.508 e. The van der Waals surface area contributed by atoms with E-state index < -0.39 is 0 Å². The summed E-state index contributed by atoms with van der Waals surface area (Å²) in [5.74, 6) is 0.316. The van der Waals surface area contributed by atoms with Gasteiger partial charge in [-0.15, -0.1) is 0 Å². The Bertz CT molecular complexity index is 295. The Hall–Kier alpha value is -1.51. The topological polar surface area (TPSA) is 44.6 Å². The molecule has 0 bridgehead atoms. The van der Waals surface area contributed by atoms with Crippen molar-refractivity contribution < 1.29 is 5.11 Å². The van der Waals surface area contributed by atoms with E-state index in [-0.39, 0.29) is 0 Å².